The van der Waals surface area contributed by atoms with Crippen LogP contribution >= 0.6 is 0 Å². The summed E-state index contributed by atoms with van der Waals surface area (Å²) in [5, 5.41) is 0. The van der Waals surface area contributed by atoms with Crippen LogP contribution in [-0.4, -0.2) is 36.5 Å². The summed E-state index contributed by atoms with van der Waals surface area (Å²) >= 11 is 0. The molecule has 0 unspecified atom stereocenters. The Labute approximate surface area is 203 Å². The Morgan fingerprint density at radius 3 is 2.49 bits per heavy atom. The fourth-order valence-corrected chi connectivity index (χ4v) is 6.64. The van der Waals surface area contributed by atoms with Crippen LogP contribution in [0.1, 0.15) is 27.9 Å². The van der Waals surface area contributed by atoms with Crippen molar-refractivity contribution in [3.63, 3.8) is 0 Å². The number of aryl methyl sites for hydroxylation is 1. The molecule has 0 amide bonds. The Morgan fingerprint density at radius 2 is 1.77 bits per heavy atom. The van der Waals surface area contributed by atoms with E-state index in [1.54, 1.807) is 24.3 Å². The maximum Gasteiger partial charge on any atom is 0.337 e. The molecule has 0 aromatic heterocycles. The van der Waals surface area contributed by atoms with E-state index in [4.69, 9.17) is 0 Å². The fourth-order valence-electron chi connectivity index (χ4n) is 3.93. The van der Waals surface area contributed by atoms with E-state index < -0.39 is 37.6 Å². The predicted octanol–water partition coefficient (Wildman–Crippen LogP) is 3.70. The van der Waals surface area contributed by atoms with Gasteiger partial charge in [-0.25, -0.2) is 26.0 Å². The number of hydrogen-bond donors (Lipinski definition) is 1. The van der Waals surface area contributed by atoms with Gasteiger partial charge in [0.05, 0.1) is 34.7 Å². The largest absolute Gasteiger partial charge is 0.465 e. The van der Waals surface area contributed by atoms with Crippen LogP contribution in [0.5, 0.6) is 0 Å². The summed E-state index contributed by atoms with van der Waals surface area (Å²) in [6.45, 7) is 0.212. The quantitative estimate of drug-likeness (QED) is 0.478. The molecule has 1 aliphatic heterocycles. The van der Waals surface area contributed by atoms with Crippen molar-refractivity contribution >= 4 is 37.4 Å². The van der Waals surface area contributed by atoms with Crippen LogP contribution < -0.4 is 9.03 Å². The zero-order valence-corrected chi connectivity index (χ0v) is 20.4. The minimum absolute atomic E-state index is 0.0526. The van der Waals surface area contributed by atoms with E-state index in [2.05, 4.69) is 9.46 Å². The molecule has 0 aliphatic carbocycles. The van der Waals surface area contributed by atoms with Crippen LogP contribution in [-0.2, 0) is 37.0 Å². The van der Waals surface area contributed by atoms with Gasteiger partial charge in [0.2, 0.25) is 10.0 Å². The average molecular weight is 519 g/mol. The zero-order valence-electron chi connectivity index (χ0n) is 18.8. The SMILES string of the molecule is COC(=O)c1cccc(CS(=O)(=O)Nc2ccc3c(c2)N(S(=O)(=O)c2ccc(F)cc2)CCC3)c1. The van der Waals surface area contributed by atoms with Crippen LogP contribution in [0, 0.1) is 5.82 Å². The number of esters is 1. The molecular formula is C24H23FN2O6S2. The van der Waals surface area contributed by atoms with Crippen molar-refractivity contribution in [2.45, 2.75) is 23.5 Å². The highest BCUT2D eigenvalue weighted by Crippen LogP contribution is 2.34. The molecule has 0 spiro atoms. The highest BCUT2D eigenvalue weighted by molar-refractivity contribution is 7.93. The lowest BCUT2D eigenvalue weighted by atomic mass is 10.0. The molecule has 1 heterocycles. The highest BCUT2D eigenvalue weighted by Gasteiger charge is 2.29. The number of fused-ring (bicyclic) bond motifs is 1. The number of nitrogens with zero attached hydrogens (tertiary/aromatic N) is 1. The molecule has 0 saturated heterocycles. The number of sulfonamides is 2. The Morgan fingerprint density at radius 1 is 1.03 bits per heavy atom. The van der Waals surface area contributed by atoms with Crippen molar-refractivity contribution in [3.05, 3.63) is 89.2 Å². The molecule has 0 radical (unpaired) electrons. The predicted molar refractivity (Wildman–Crippen MR) is 130 cm³/mol. The zero-order chi connectivity index (χ0) is 25.2. The third kappa shape index (κ3) is 5.46. The van der Waals surface area contributed by atoms with Gasteiger partial charge in [-0.2, -0.15) is 0 Å². The molecule has 3 aromatic rings. The van der Waals surface area contributed by atoms with E-state index in [-0.39, 0.29) is 22.7 Å². The van der Waals surface area contributed by atoms with Gasteiger partial charge in [-0.05, 0) is 72.5 Å². The van der Waals surface area contributed by atoms with E-state index in [0.717, 1.165) is 17.7 Å². The summed E-state index contributed by atoms with van der Waals surface area (Å²) in [5.41, 5.74) is 1.95. The van der Waals surface area contributed by atoms with Crippen LogP contribution in [0.3, 0.4) is 0 Å². The minimum Gasteiger partial charge on any atom is -0.465 e. The number of halogens is 1. The van der Waals surface area contributed by atoms with Crippen molar-refractivity contribution in [2.24, 2.45) is 0 Å². The minimum atomic E-state index is -3.97. The third-order valence-corrected chi connectivity index (χ3v) is 8.63. The second-order valence-corrected chi connectivity index (χ2v) is 11.6. The van der Waals surface area contributed by atoms with Gasteiger partial charge in [0.25, 0.3) is 10.0 Å². The monoisotopic (exact) mass is 518 g/mol. The normalized spacial score (nSPS) is 13.7. The summed E-state index contributed by atoms with van der Waals surface area (Å²) in [6, 6.07) is 15.4. The molecule has 1 aliphatic rings. The lowest BCUT2D eigenvalue weighted by molar-refractivity contribution is 0.0600. The lowest BCUT2D eigenvalue weighted by Gasteiger charge is -2.31. The maximum absolute atomic E-state index is 13.3. The summed E-state index contributed by atoms with van der Waals surface area (Å²) in [4.78, 5) is 11.7. The number of nitrogens with one attached hydrogen (secondary N) is 1. The second-order valence-electron chi connectivity index (χ2n) is 8.03. The Balaban J connectivity index is 1.60. The number of carbonyl (C=O) groups excluding carboxylic acids is 1. The molecule has 3 aromatic carbocycles. The van der Waals surface area contributed by atoms with Gasteiger partial charge in [-0.3, -0.25) is 9.03 Å². The number of anilines is 2. The highest BCUT2D eigenvalue weighted by atomic mass is 32.2. The molecule has 0 atom stereocenters. The molecule has 0 fully saturated rings. The van der Waals surface area contributed by atoms with Crippen molar-refractivity contribution in [1.82, 2.24) is 0 Å². The number of rotatable bonds is 7. The first-order valence-corrected chi connectivity index (χ1v) is 13.8. The summed E-state index contributed by atoms with van der Waals surface area (Å²) in [6.07, 6.45) is 1.23. The molecule has 0 saturated carbocycles. The van der Waals surface area contributed by atoms with Crippen molar-refractivity contribution in [2.75, 3.05) is 22.7 Å². The molecule has 8 nitrogen and oxygen atoms in total. The van der Waals surface area contributed by atoms with Gasteiger partial charge >= 0.3 is 5.97 Å². The van der Waals surface area contributed by atoms with Crippen LogP contribution in [0.15, 0.2) is 71.6 Å². The number of hydrogen-bond acceptors (Lipinski definition) is 6. The van der Waals surface area contributed by atoms with Crippen LogP contribution in [0.4, 0.5) is 15.8 Å². The number of carbonyl (C=O) groups is 1. The fraction of sp³-hybridized carbons (Fsp3) is 0.208. The van der Waals surface area contributed by atoms with Crippen LogP contribution in [0.2, 0.25) is 0 Å². The van der Waals surface area contributed by atoms with E-state index >= 15 is 0 Å². The second kappa shape index (κ2) is 9.67. The number of ether oxygens (including phenoxy) is 1. The van der Waals surface area contributed by atoms with Crippen molar-refractivity contribution in [3.8, 4) is 0 Å². The van der Waals surface area contributed by atoms with Gasteiger partial charge in [-0.15, -0.1) is 0 Å². The van der Waals surface area contributed by atoms with Crippen molar-refractivity contribution < 1.29 is 30.8 Å². The molecular weight excluding hydrogens is 495 g/mol. The van der Waals surface area contributed by atoms with Gasteiger partial charge < -0.3 is 4.74 Å². The average Bonchev–Trinajstić information content (AvgIpc) is 2.83. The molecule has 1 N–H and O–H groups in total. The molecule has 35 heavy (non-hydrogen) atoms. The molecule has 0 bridgehead atoms. The summed E-state index contributed by atoms with van der Waals surface area (Å²) in [7, 11) is -6.62. The van der Waals surface area contributed by atoms with Crippen LogP contribution in [0.25, 0.3) is 0 Å². The van der Waals surface area contributed by atoms with E-state index in [1.165, 1.54) is 41.7 Å². The topological polar surface area (TPSA) is 110 Å². The first-order valence-electron chi connectivity index (χ1n) is 10.7. The van der Waals surface area contributed by atoms with Crippen molar-refractivity contribution in [1.29, 1.82) is 0 Å². The van der Waals surface area contributed by atoms with Gasteiger partial charge in [0.1, 0.15) is 5.82 Å². The summed E-state index contributed by atoms with van der Waals surface area (Å²) < 4.78 is 73.8. The standard InChI is InChI=1S/C24H23FN2O6S2/c1-33-24(28)19-5-2-4-17(14-19)16-34(29,30)26-21-10-7-18-6-3-13-27(23(18)15-21)35(31,32)22-11-8-20(25)9-12-22/h2,4-5,7-12,14-15,26H,3,6,13,16H2,1H3. The first-order chi connectivity index (χ1) is 16.6. The lowest BCUT2D eigenvalue weighted by Crippen LogP contribution is -2.35. The molecule has 11 heteroatoms. The first kappa shape index (κ1) is 24.7. The Kier molecular flexibility index (Phi) is 6.82. The van der Waals surface area contributed by atoms with E-state index in [9.17, 15) is 26.0 Å². The van der Waals surface area contributed by atoms with Gasteiger partial charge in [0.15, 0.2) is 0 Å². The Hall–Kier alpha value is -3.44. The van der Waals surface area contributed by atoms with E-state index in [0.29, 0.717) is 24.1 Å². The smallest absolute Gasteiger partial charge is 0.337 e. The third-order valence-electron chi connectivity index (χ3n) is 5.54. The molecule has 4 rings (SSSR count). The van der Waals surface area contributed by atoms with E-state index in [1.807, 2.05) is 0 Å². The Bertz CT molecular complexity index is 1470. The number of benzene rings is 3. The maximum atomic E-state index is 13.3. The van der Waals surface area contributed by atoms with Gasteiger partial charge in [-0.1, -0.05) is 18.2 Å². The summed E-state index contributed by atoms with van der Waals surface area (Å²) in [5.74, 6) is -1.52. The molecule has 184 valence electrons. The van der Waals surface area contributed by atoms with Gasteiger partial charge in [0, 0.05) is 6.54 Å². The number of methoxy groups -OCH3 is 1.